The maximum Gasteiger partial charge on any atom is 0.338 e. The number of carbonyl (C=O) groups is 1. The molecule has 0 aliphatic carbocycles. The van der Waals surface area contributed by atoms with Gasteiger partial charge in [-0.1, -0.05) is 19.8 Å². The molecule has 1 aromatic carbocycles. The van der Waals surface area contributed by atoms with Crippen LogP contribution in [0.5, 0.6) is 0 Å². The van der Waals surface area contributed by atoms with Crippen LogP contribution in [0.2, 0.25) is 0 Å². The molecule has 0 bridgehead atoms. The maximum atomic E-state index is 13.8. The molecule has 2 rings (SSSR count). The molecule has 0 radical (unpaired) electrons. The lowest BCUT2D eigenvalue weighted by Gasteiger charge is -2.31. The van der Waals surface area contributed by atoms with Gasteiger partial charge in [-0.3, -0.25) is 0 Å². The molecule has 1 aromatic rings. The molecule has 1 fully saturated rings. The van der Waals surface area contributed by atoms with Gasteiger partial charge in [-0.05, 0) is 37.5 Å². The Morgan fingerprint density at radius 2 is 2.21 bits per heavy atom. The van der Waals surface area contributed by atoms with Crippen LogP contribution in [0.1, 0.15) is 49.4 Å². The molecule has 0 spiro atoms. The lowest BCUT2D eigenvalue weighted by atomic mass is 10.1. The van der Waals surface area contributed by atoms with Crippen molar-refractivity contribution in [2.75, 3.05) is 11.4 Å². The lowest BCUT2D eigenvalue weighted by Crippen LogP contribution is -2.34. The van der Waals surface area contributed by atoms with E-state index >= 15 is 0 Å². The molecule has 1 saturated heterocycles. The molecule has 0 aromatic heterocycles. The van der Waals surface area contributed by atoms with E-state index in [-0.39, 0.29) is 5.56 Å². The third-order valence-electron chi connectivity index (χ3n) is 3.86. The summed E-state index contributed by atoms with van der Waals surface area (Å²) >= 11 is 0. The average Bonchev–Trinajstić information content (AvgIpc) is 2.63. The van der Waals surface area contributed by atoms with Crippen LogP contribution in [0.15, 0.2) is 18.2 Å². The van der Waals surface area contributed by atoms with Gasteiger partial charge in [0.1, 0.15) is 5.82 Å². The molecule has 1 unspecified atom stereocenters. The predicted octanol–water partition coefficient (Wildman–Crippen LogP) is 3.68. The zero-order chi connectivity index (χ0) is 13.8. The van der Waals surface area contributed by atoms with Gasteiger partial charge in [0.2, 0.25) is 0 Å². The Balaban J connectivity index is 2.28. The zero-order valence-corrected chi connectivity index (χ0v) is 11.2. The van der Waals surface area contributed by atoms with Crippen molar-refractivity contribution in [2.45, 2.75) is 45.1 Å². The molecule has 1 aliphatic rings. The van der Waals surface area contributed by atoms with E-state index in [0.29, 0.717) is 6.04 Å². The largest absolute Gasteiger partial charge is 0.478 e. The van der Waals surface area contributed by atoms with Crippen molar-refractivity contribution in [3.8, 4) is 0 Å². The second kappa shape index (κ2) is 6.04. The van der Waals surface area contributed by atoms with E-state index in [1.807, 2.05) is 0 Å². The summed E-state index contributed by atoms with van der Waals surface area (Å²) in [6.07, 6.45) is 5.69. The van der Waals surface area contributed by atoms with Crippen LogP contribution in [0.3, 0.4) is 0 Å². The van der Waals surface area contributed by atoms with Crippen molar-refractivity contribution >= 4 is 11.7 Å². The molecule has 1 atom stereocenters. The molecule has 104 valence electrons. The number of nitrogens with zero attached hydrogens (tertiary/aromatic N) is 1. The Bertz CT molecular complexity index is 461. The summed E-state index contributed by atoms with van der Waals surface area (Å²) in [4.78, 5) is 13.1. The first-order valence-electron chi connectivity index (χ1n) is 6.93. The SMILES string of the molecule is CCC1CCCCCN1c1ccc(C(=O)O)c(F)c1. The standard InChI is InChI=1S/C15H20FNO2/c1-2-11-6-4-3-5-9-17(11)12-7-8-13(15(18)19)14(16)10-12/h7-8,10-11H,2-6,9H2,1H3,(H,18,19). The summed E-state index contributed by atoms with van der Waals surface area (Å²) in [5, 5.41) is 8.86. The molecule has 4 heteroatoms. The number of hydrogen-bond acceptors (Lipinski definition) is 2. The summed E-state index contributed by atoms with van der Waals surface area (Å²) in [5.41, 5.74) is 0.544. The van der Waals surface area contributed by atoms with Gasteiger partial charge in [-0.15, -0.1) is 0 Å². The Hall–Kier alpha value is -1.58. The summed E-state index contributed by atoms with van der Waals surface area (Å²) in [6.45, 7) is 3.06. The fourth-order valence-corrected chi connectivity index (χ4v) is 2.80. The Morgan fingerprint density at radius 1 is 1.42 bits per heavy atom. The van der Waals surface area contributed by atoms with Crippen molar-refractivity contribution in [1.82, 2.24) is 0 Å². The predicted molar refractivity (Wildman–Crippen MR) is 73.3 cm³/mol. The van der Waals surface area contributed by atoms with E-state index in [0.717, 1.165) is 31.5 Å². The first-order chi connectivity index (χ1) is 9.13. The lowest BCUT2D eigenvalue weighted by molar-refractivity contribution is 0.0692. The van der Waals surface area contributed by atoms with Gasteiger partial charge in [-0.2, -0.15) is 0 Å². The van der Waals surface area contributed by atoms with E-state index in [1.54, 1.807) is 6.07 Å². The van der Waals surface area contributed by atoms with E-state index in [9.17, 15) is 9.18 Å². The maximum absolute atomic E-state index is 13.8. The number of carboxylic acids is 1. The monoisotopic (exact) mass is 265 g/mol. The van der Waals surface area contributed by atoms with Gasteiger partial charge in [0, 0.05) is 18.3 Å². The third kappa shape index (κ3) is 3.06. The highest BCUT2D eigenvalue weighted by Crippen LogP contribution is 2.27. The van der Waals surface area contributed by atoms with Crippen molar-refractivity contribution in [3.05, 3.63) is 29.6 Å². The highest BCUT2D eigenvalue weighted by atomic mass is 19.1. The summed E-state index contributed by atoms with van der Waals surface area (Å²) in [5.74, 6) is -1.86. The van der Waals surface area contributed by atoms with Crippen molar-refractivity contribution in [2.24, 2.45) is 0 Å². The normalized spacial score (nSPS) is 20.1. The van der Waals surface area contributed by atoms with Crippen LogP contribution in [-0.4, -0.2) is 23.7 Å². The van der Waals surface area contributed by atoms with E-state index in [1.165, 1.54) is 25.0 Å². The summed E-state index contributed by atoms with van der Waals surface area (Å²) < 4.78 is 13.8. The van der Waals surface area contributed by atoms with E-state index < -0.39 is 11.8 Å². The minimum atomic E-state index is -1.22. The molecule has 1 N–H and O–H groups in total. The Labute approximate surface area is 113 Å². The van der Waals surface area contributed by atoms with Crippen molar-refractivity contribution < 1.29 is 14.3 Å². The summed E-state index contributed by atoms with van der Waals surface area (Å²) in [6, 6.07) is 4.88. The summed E-state index contributed by atoms with van der Waals surface area (Å²) in [7, 11) is 0. The molecule has 19 heavy (non-hydrogen) atoms. The topological polar surface area (TPSA) is 40.5 Å². The number of rotatable bonds is 3. The van der Waals surface area contributed by atoms with Crippen LogP contribution in [0.4, 0.5) is 10.1 Å². The van der Waals surface area contributed by atoms with Gasteiger partial charge in [-0.25, -0.2) is 9.18 Å². The molecule has 0 amide bonds. The van der Waals surface area contributed by atoms with Crippen LogP contribution in [0, 0.1) is 5.82 Å². The molecule has 0 saturated carbocycles. The first kappa shape index (κ1) is 13.8. The minimum absolute atomic E-state index is 0.258. The van der Waals surface area contributed by atoms with Gasteiger partial charge >= 0.3 is 5.97 Å². The van der Waals surface area contributed by atoms with Crippen LogP contribution in [-0.2, 0) is 0 Å². The van der Waals surface area contributed by atoms with Gasteiger partial charge in [0.25, 0.3) is 0 Å². The smallest absolute Gasteiger partial charge is 0.338 e. The Morgan fingerprint density at radius 3 is 2.84 bits per heavy atom. The van der Waals surface area contributed by atoms with E-state index in [4.69, 9.17) is 5.11 Å². The molecular formula is C15H20FNO2. The van der Waals surface area contributed by atoms with Crippen molar-refractivity contribution in [3.63, 3.8) is 0 Å². The highest BCUT2D eigenvalue weighted by molar-refractivity contribution is 5.88. The second-order valence-electron chi connectivity index (χ2n) is 5.07. The molecule has 1 aliphatic heterocycles. The number of aromatic carboxylic acids is 1. The van der Waals surface area contributed by atoms with Crippen LogP contribution in [0.25, 0.3) is 0 Å². The molecule has 3 nitrogen and oxygen atoms in total. The van der Waals surface area contributed by atoms with E-state index in [2.05, 4.69) is 11.8 Å². The minimum Gasteiger partial charge on any atom is -0.478 e. The fourth-order valence-electron chi connectivity index (χ4n) is 2.80. The highest BCUT2D eigenvalue weighted by Gasteiger charge is 2.21. The molecule has 1 heterocycles. The van der Waals surface area contributed by atoms with Crippen LogP contribution < -0.4 is 4.90 Å². The average molecular weight is 265 g/mol. The third-order valence-corrected chi connectivity index (χ3v) is 3.86. The molecular weight excluding hydrogens is 245 g/mol. The number of benzene rings is 1. The second-order valence-corrected chi connectivity index (χ2v) is 5.07. The van der Waals surface area contributed by atoms with Gasteiger partial charge in [0.15, 0.2) is 0 Å². The Kier molecular flexibility index (Phi) is 4.40. The first-order valence-corrected chi connectivity index (χ1v) is 6.93. The number of carboxylic acid groups (broad SMARTS) is 1. The quantitative estimate of drug-likeness (QED) is 0.906. The number of anilines is 1. The van der Waals surface area contributed by atoms with Crippen LogP contribution >= 0.6 is 0 Å². The van der Waals surface area contributed by atoms with Gasteiger partial charge < -0.3 is 10.0 Å². The number of halogens is 1. The fraction of sp³-hybridized carbons (Fsp3) is 0.533. The van der Waals surface area contributed by atoms with Crippen molar-refractivity contribution in [1.29, 1.82) is 0 Å². The zero-order valence-electron chi connectivity index (χ0n) is 11.2. The van der Waals surface area contributed by atoms with Gasteiger partial charge in [0.05, 0.1) is 5.56 Å². The number of hydrogen-bond donors (Lipinski definition) is 1.